The van der Waals surface area contributed by atoms with Crippen molar-refractivity contribution in [3.63, 3.8) is 0 Å². The summed E-state index contributed by atoms with van der Waals surface area (Å²) >= 11 is 4.67. The van der Waals surface area contributed by atoms with Crippen molar-refractivity contribution in [2.24, 2.45) is 5.84 Å². The van der Waals surface area contributed by atoms with E-state index in [1.54, 1.807) is 0 Å². The highest BCUT2D eigenvalue weighted by molar-refractivity contribution is 14.1. The molecule has 0 fully saturated rings. The molecule has 0 spiro atoms. The minimum Gasteiger partial charge on any atom is -0.271 e. The lowest BCUT2D eigenvalue weighted by molar-refractivity contribution is 0.550. The Morgan fingerprint density at radius 3 is 2.28 bits per heavy atom. The number of halogens is 2. The second-order valence-corrected chi connectivity index (χ2v) is 6.48. The van der Waals surface area contributed by atoms with Gasteiger partial charge in [0, 0.05) is 7.14 Å². The van der Waals surface area contributed by atoms with Crippen LogP contribution in [-0.4, -0.2) is 0 Å². The molecule has 18 heavy (non-hydrogen) atoms. The van der Waals surface area contributed by atoms with Crippen molar-refractivity contribution < 1.29 is 0 Å². The standard InChI is InChI=1S/C14H14I2N2/c15-11-7-5-10(6-8-11)9-14(18-17)12-3-1-2-4-13(12)16/h1-8,14,18H,9,17H2. The Morgan fingerprint density at radius 1 is 1.00 bits per heavy atom. The van der Waals surface area contributed by atoms with E-state index < -0.39 is 0 Å². The van der Waals surface area contributed by atoms with Gasteiger partial charge in [-0.05, 0) is 80.9 Å². The first-order valence-corrected chi connectivity index (χ1v) is 7.81. The molecule has 0 bridgehead atoms. The Balaban J connectivity index is 2.20. The third kappa shape index (κ3) is 3.66. The lowest BCUT2D eigenvalue weighted by atomic mass is 9.99. The number of nitrogens with one attached hydrogen (secondary N) is 1. The number of hydrazine groups is 1. The third-order valence-electron chi connectivity index (χ3n) is 2.83. The Morgan fingerprint density at radius 2 is 1.67 bits per heavy atom. The van der Waals surface area contributed by atoms with E-state index in [1.807, 2.05) is 6.07 Å². The molecular formula is C14H14I2N2. The van der Waals surface area contributed by atoms with Gasteiger partial charge in [0.05, 0.1) is 6.04 Å². The maximum Gasteiger partial charge on any atom is 0.0510 e. The molecule has 2 rings (SSSR count). The van der Waals surface area contributed by atoms with E-state index in [0.29, 0.717) is 0 Å². The molecule has 0 heterocycles. The van der Waals surface area contributed by atoms with Crippen molar-refractivity contribution >= 4 is 45.2 Å². The smallest absolute Gasteiger partial charge is 0.0510 e. The van der Waals surface area contributed by atoms with Crippen LogP contribution < -0.4 is 11.3 Å². The summed E-state index contributed by atoms with van der Waals surface area (Å²) in [5.74, 6) is 5.70. The second kappa shape index (κ2) is 6.83. The van der Waals surface area contributed by atoms with Crippen LogP contribution in [0, 0.1) is 7.14 Å². The molecule has 0 saturated heterocycles. The van der Waals surface area contributed by atoms with Crippen LogP contribution in [0.3, 0.4) is 0 Å². The molecule has 0 radical (unpaired) electrons. The molecule has 0 aliphatic carbocycles. The van der Waals surface area contributed by atoms with E-state index in [1.165, 1.54) is 18.3 Å². The molecule has 0 saturated carbocycles. The van der Waals surface area contributed by atoms with Crippen LogP contribution in [0.15, 0.2) is 48.5 Å². The first-order chi connectivity index (χ1) is 8.70. The summed E-state index contributed by atoms with van der Waals surface area (Å²) in [5, 5.41) is 0. The minimum atomic E-state index is 0.151. The van der Waals surface area contributed by atoms with Crippen molar-refractivity contribution in [1.82, 2.24) is 5.43 Å². The molecule has 4 heteroatoms. The predicted octanol–water partition coefficient (Wildman–Crippen LogP) is 3.64. The van der Waals surface area contributed by atoms with Crippen LogP contribution in [0.4, 0.5) is 0 Å². The summed E-state index contributed by atoms with van der Waals surface area (Å²) in [4.78, 5) is 0. The second-order valence-electron chi connectivity index (χ2n) is 4.07. The fourth-order valence-corrected chi connectivity index (χ4v) is 3.00. The summed E-state index contributed by atoms with van der Waals surface area (Å²) in [5.41, 5.74) is 5.45. The largest absolute Gasteiger partial charge is 0.271 e. The molecule has 1 atom stereocenters. The summed E-state index contributed by atoms with van der Waals surface area (Å²) in [6.07, 6.45) is 0.896. The van der Waals surface area contributed by atoms with Gasteiger partial charge in [-0.25, -0.2) is 0 Å². The zero-order chi connectivity index (χ0) is 13.0. The van der Waals surface area contributed by atoms with Gasteiger partial charge < -0.3 is 0 Å². The Kier molecular flexibility index (Phi) is 5.40. The van der Waals surface area contributed by atoms with Gasteiger partial charge >= 0.3 is 0 Å². The molecule has 0 aromatic heterocycles. The van der Waals surface area contributed by atoms with Crippen LogP contribution in [0.1, 0.15) is 17.2 Å². The normalized spacial score (nSPS) is 12.4. The molecule has 0 amide bonds. The van der Waals surface area contributed by atoms with Crippen molar-refractivity contribution in [1.29, 1.82) is 0 Å². The maximum absolute atomic E-state index is 5.70. The molecule has 1 unspecified atom stereocenters. The molecule has 0 aliphatic rings. The van der Waals surface area contributed by atoms with Gasteiger partial charge in [0.15, 0.2) is 0 Å². The first kappa shape index (κ1) is 14.2. The van der Waals surface area contributed by atoms with Crippen molar-refractivity contribution in [2.75, 3.05) is 0 Å². The summed E-state index contributed by atoms with van der Waals surface area (Å²) in [6.45, 7) is 0. The number of rotatable bonds is 4. The molecular weight excluding hydrogens is 450 g/mol. The van der Waals surface area contributed by atoms with Gasteiger partial charge in [-0.3, -0.25) is 11.3 Å². The van der Waals surface area contributed by atoms with Gasteiger partial charge in [0.2, 0.25) is 0 Å². The summed E-state index contributed by atoms with van der Waals surface area (Å²) < 4.78 is 2.49. The fourth-order valence-electron chi connectivity index (χ4n) is 1.87. The molecule has 2 nitrogen and oxygen atoms in total. The molecule has 3 N–H and O–H groups in total. The van der Waals surface area contributed by atoms with E-state index in [-0.39, 0.29) is 6.04 Å². The Bertz CT molecular complexity index is 511. The first-order valence-electron chi connectivity index (χ1n) is 5.65. The van der Waals surface area contributed by atoms with E-state index in [4.69, 9.17) is 5.84 Å². The van der Waals surface area contributed by atoms with Gasteiger partial charge in [-0.2, -0.15) is 0 Å². The van der Waals surface area contributed by atoms with Crippen molar-refractivity contribution in [2.45, 2.75) is 12.5 Å². The van der Waals surface area contributed by atoms with Crippen molar-refractivity contribution in [3.8, 4) is 0 Å². The van der Waals surface area contributed by atoms with Gasteiger partial charge in [-0.15, -0.1) is 0 Å². The highest BCUT2D eigenvalue weighted by atomic mass is 127. The summed E-state index contributed by atoms with van der Waals surface area (Å²) in [6, 6.07) is 17.0. The van der Waals surface area contributed by atoms with Crippen LogP contribution in [0.2, 0.25) is 0 Å². The number of hydrogen-bond acceptors (Lipinski definition) is 2. The van der Waals surface area contributed by atoms with Crippen LogP contribution in [-0.2, 0) is 6.42 Å². The molecule has 2 aromatic rings. The number of hydrogen-bond donors (Lipinski definition) is 2. The van der Waals surface area contributed by atoms with Crippen LogP contribution in [0.5, 0.6) is 0 Å². The average Bonchev–Trinajstić information content (AvgIpc) is 2.39. The quantitative estimate of drug-likeness (QED) is 0.412. The molecule has 0 aliphatic heterocycles. The SMILES string of the molecule is NNC(Cc1ccc(I)cc1)c1ccccc1I. The summed E-state index contributed by atoms with van der Waals surface area (Å²) in [7, 11) is 0. The van der Waals surface area contributed by atoms with Crippen molar-refractivity contribution in [3.05, 3.63) is 66.8 Å². The van der Waals surface area contributed by atoms with E-state index in [9.17, 15) is 0 Å². The zero-order valence-corrected chi connectivity index (χ0v) is 14.1. The van der Waals surface area contributed by atoms with Gasteiger partial charge in [0.1, 0.15) is 0 Å². The minimum absolute atomic E-state index is 0.151. The topological polar surface area (TPSA) is 38.0 Å². The average molecular weight is 464 g/mol. The van der Waals surface area contributed by atoms with Crippen LogP contribution >= 0.6 is 45.2 Å². The number of nitrogens with two attached hydrogens (primary N) is 1. The predicted molar refractivity (Wildman–Crippen MR) is 92.1 cm³/mol. The van der Waals surface area contributed by atoms with E-state index in [2.05, 4.69) is 93.1 Å². The lowest BCUT2D eigenvalue weighted by Gasteiger charge is -2.18. The van der Waals surface area contributed by atoms with Gasteiger partial charge in [0.25, 0.3) is 0 Å². The van der Waals surface area contributed by atoms with E-state index >= 15 is 0 Å². The zero-order valence-electron chi connectivity index (χ0n) is 9.74. The lowest BCUT2D eigenvalue weighted by Crippen LogP contribution is -2.30. The highest BCUT2D eigenvalue weighted by Crippen LogP contribution is 2.23. The van der Waals surface area contributed by atoms with Crippen LogP contribution in [0.25, 0.3) is 0 Å². The number of benzene rings is 2. The highest BCUT2D eigenvalue weighted by Gasteiger charge is 2.13. The Labute approximate surface area is 135 Å². The van der Waals surface area contributed by atoms with E-state index in [0.717, 1.165) is 6.42 Å². The molecule has 94 valence electrons. The van der Waals surface area contributed by atoms with Gasteiger partial charge in [-0.1, -0.05) is 30.3 Å². The third-order valence-corrected chi connectivity index (χ3v) is 4.54. The Hall–Kier alpha value is -0.180. The monoisotopic (exact) mass is 464 g/mol. The molecule has 2 aromatic carbocycles. The fraction of sp³-hybridized carbons (Fsp3) is 0.143. The maximum atomic E-state index is 5.70.